The largest absolute Gasteiger partial charge is 0.354 e. The number of hydrogen-bond donors (Lipinski definition) is 1. The lowest BCUT2D eigenvalue weighted by molar-refractivity contribution is -0.121. The van der Waals surface area contributed by atoms with E-state index in [4.69, 9.17) is 5.10 Å². The maximum Gasteiger partial charge on any atom is 0.220 e. The number of aryl methyl sites for hydroxylation is 3. The van der Waals surface area contributed by atoms with Gasteiger partial charge in [0.05, 0.1) is 11.4 Å². The van der Waals surface area contributed by atoms with Gasteiger partial charge < -0.3 is 5.32 Å². The molecule has 1 atom stereocenters. The highest BCUT2D eigenvalue weighted by atomic mass is 16.1. The summed E-state index contributed by atoms with van der Waals surface area (Å²) in [6, 6.07) is 29.0. The minimum Gasteiger partial charge on any atom is -0.354 e. The highest BCUT2D eigenvalue weighted by Gasteiger charge is 2.15. The van der Waals surface area contributed by atoms with Gasteiger partial charge in [-0.15, -0.1) is 0 Å². The summed E-state index contributed by atoms with van der Waals surface area (Å²) in [5, 5.41) is 8.03. The molecule has 1 heterocycles. The summed E-state index contributed by atoms with van der Waals surface area (Å²) in [5.41, 5.74) is 6.61. The predicted octanol–water partition coefficient (Wildman–Crippen LogP) is 5.92. The molecule has 4 aromatic rings. The number of aromatic nitrogens is 2. The molecular weight excluding hydrogens is 406 g/mol. The van der Waals surface area contributed by atoms with Crippen LogP contribution < -0.4 is 5.32 Å². The van der Waals surface area contributed by atoms with Crippen LogP contribution in [0.5, 0.6) is 0 Å². The highest BCUT2D eigenvalue weighted by molar-refractivity contribution is 5.77. The van der Waals surface area contributed by atoms with Crippen molar-refractivity contribution in [1.82, 2.24) is 15.1 Å². The van der Waals surface area contributed by atoms with Crippen molar-refractivity contribution >= 4 is 5.91 Å². The van der Waals surface area contributed by atoms with Crippen LogP contribution in [-0.4, -0.2) is 21.7 Å². The van der Waals surface area contributed by atoms with Crippen molar-refractivity contribution in [3.05, 3.63) is 108 Å². The predicted molar refractivity (Wildman–Crippen MR) is 134 cm³/mol. The first kappa shape index (κ1) is 22.5. The first-order valence-corrected chi connectivity index (χ1v) is 11.6. The Kier molecular flexibility index (Phi) is 7.36. The summed E-state index contributed by atoms with van der Waals surface area (Å²) in [6.07, 6.45) is 5.03. The zero-order valence-corrected chi connectivity index (χ0v) is 19.4. The lowest BCUT2D eigenvalue weighted by Crippen LogP contribution is -2.33. The molecule has 0 aliphatic carbocycles. The lowest BCUT2D eigenvalue weighted by atomic mass is 10.0. The fraction of sp³-hybridized carbons (Fsp3) is 0.241. The second kappa shape index (κ2) is 10.8. The number of amides is 1. The molecule has 4 nitrogen and oxygen atoms in total. The Labute approximate surface area is 196 Å². The number of benzene rings is 3. The normalized spacial score (nSPS) is 11.8. The number of nitrogens with zero attached hydrogens (tertiary/aromatic N) is 2. The standard InChI is InChI=1S/C29H31N3O/c1-22-13-17-25(18-14-22)29-26(21-32(31-29)27-11-7-4-8-12-27)19-20-28(33)30-23(2)15-16-24-9-5-3-6-10-24/h3-14,17-18,21,23H,15-16,19-20H2,1-2H3,(H,30,33)/t23-/m1/s1. The van der Waals surface area contributed by atoms with Crippen molar-refractivity contribution in [3.8, 4) is 16.9 Å². The number of hydrogen-bond acceptors (Lipinski definition) is 2. The van der Waals surface area contributed by atoms with E-state index in [0.29, 0.717) is 12.8 Å². The molecule has 0 spiro atoms. The van der Waals surface area contributed by atoms with Gasteiger partial charge in [0.2, 0.25) is 5.91 Å². The topological polar surface area (TPSA) is 46.9 Å². The van der Waals surface area contributed by atoms with Crippen LogP contribution in [0.3, 0.4) is 0 Å². The van der Waals surface area contributed by atoms with Crippen molar-refractivity contribution < 1.29 is 4.79 Å². The molecule has 0 aliphatic heterocycles. The molecule has 0 unspecified atom stereocenters. The van der Waals surface area contributed by atoms with Crippen LogP contribution in [0.2, 0.25) is 0 Å². The summed E-state index contributed by atoms with van der Waals surface area (Å²) in [5.74, 6) is 0.0814. The van der Waals surface area contributed by atoms with E-state index in [1.54, 1.807) is 0 Å². The Morgan fingerprint density at radius 3 is 2.27 bits per heavy atom. The molecule has 1 N–H and O–H groups in total. The maximum absolute atomic E-state index is 12.7. The summed E-state index contributed by atoms with van der Waals surface area (Å²) in [6.45, 7) is 4.16. The molecule has 3 aromatic carbocycles. The molecule has 0 saturated heterocycles. The minimum absolute atomic E-state index is 0.0814. The molecule has 0 fully saturated rings. The molecule has 0 saturated carbocycles. The van der Waals surface area contributed by atoms with E-state index in [2.05, 4.69) is 73.9 Å². The van der Waals surface area contributed by atoms with Gasteiger partial charge in [-0.05, 0) is 56.4 Å². The van der Waals surface area contributed by atoms with E-state index in [1.807, 2.05) is 41.1 Å². The van der Waals surface area contributed by atoms with Crippen LogP contribution in [0.15, 0.2) is 91.1 Å². The quantitative estimate of drug-likeness (QED) is 0.353. The third-order valence-corrected chi connectivity index (χ3v) is 5.87. The Hall–Kier alpha value is -3.66. The second-order valence-corrected chi connectivity index (χ2v) is 8.64. The van der Waals surface area contributed by atoms with E-state index >= 15 is 0 Å². The minimum atomic E-state index is 0.0814. The van der Waals surface area contributed by atoms with Gasteiger partial charge in [0, 0.05) is 24.2 Å². The molecule has 1 aromatic heterocycles. The molecule has 4 heteroatoms. The van der Waals surface area contributed by atoms with Crippen LogP contribution in [0.1, 0.15) is 36.5 Å². The molecule has 4 rings (SSSR count). The van der Waals surface area contributed by atoms with E-state index in [1.165, 1.54) is 11.1 Å². The van der Waals surface area contributed by atoms with E-state index in [-0.39, 0.29) is 11.9 Å². The Morgan fingerprint density at radius 2 is 1.58 bits per heavy atom. The average Bonchev–Trinajstić information content (AvgIpc) is 3.27. The third-order valence-electron chi connectivity index (χ3n) is 5.87. The van der Waals surface area contributed by atoms with E-state index < -0.39 is 0 Å². The first-order chi connectivity index (χ1) is 16.1. The summed E-state index contributed by atoms with van der Waals surface area (Å²) in [4.78, 5) is 12.7. The monoisotopic (exact) mass is 437 g/mol. The van der Waals surface area contributed by atoms with Gasteiger partial charge in [-0.2, -0.15) is 5.10 Å². The zero-order chi connectivity index (χ0) is 23.0. The van der Waals surface area contributed by atoms with Gasteiger partial charge in [0.25, 0.3) is 0 Å². The van der Waals surface area contributed by atoms with E-state index in [9.17, 15) is 4.79 Å². The molecule has 1 amide bonds. The van der Waals surface area contributed by atoms with Crippen LogP contribution in [0, 0.1) is 6.92 Å². The smallest absolute Gasteiger partial charge is 0.220 e. The Bertz CT molecular complexity index is 1160. The van der Waals surface area contributed by atoms with Gasteiger partial charge >= 0.3 is 0 Å². The van der Waals surface area contributed by atoms with Gasteiger partial charge in [-0.1, -0.05) is 78.4 Å². The van der Waals surface area contributed by atoms with Crippen molar-refractivity contribution in [2.75, 3.05) is 0 Å². The highest BCUT2D eigenvalue weighted by Crippen LogP contribution is 2.25. The second-order valence-electron chi connectivity index (χ2n) is 8.64. The van der Waals surface area contributed by atoms with Crippen molar-refractivity contribution in [1.29, 1.82) is 0 Å². The van der Waals surface area contributed by atoms with Gasteiger partial charge in [0.1, 0.15) is 0 Å². The Morgan fingerprint density at radius 1 is 0.909 bits per heavy atom. The molecule has 0 bridgehead atoms. The van der Waals surface area contributed by atoms with Crippen molar-refractivity contribution in [3.63, 3.8) is 0 Å². The fourth-order valence-electron chi connectivity index (χ4n) is 3.96. The molecular formula is C29H31N3O. The fourth-order valence-corrected chi connectivity index (χ4v) is 3.96. The van der Waals surface area contributed by atoms with Gasteiger partial charge in [-0.3, -0.25) is 4.79 Å². The van der Waals surface area contributed by atoms with Crippen molar-refractivity contribution in [2.45, 2.75) is 45.6 Å². The molecule has 168 valence electrons. The van der Waals surface area contributed by atoms with E-state index in [0.717, 1.165) is 35.3 Å². The first-order valence-electron chi connectivity index (χ1n) is 11.6. The van der Waals surface area contributed by atoms with Crippen LogP contribution >= 0.6 is 0 Å². The number of rotatable bonds is 9. The zero-order valence-electron chi connectivity index (χ0n) is 19.4. The van der Waals surface area contributed by atoms with Gasteiger partial charge in [0.15, 0.2) is 0 Å². The number of carbonyl (C=O) groups excluding carboxylic acids is 1. The summed E-state index contributed by atoms with van der Waals surface area (Å²) >= 11 is 0. The van der Waals surface area contributed by atoms with Crippen LogP contribution in [0.4, 0.5) is 0 Å². The Balaban J connectivity index is 1.42. The van der Waals surface area contributed by atoms with Crippen LogP contribution in [-0.2, 0) is 17.6 Å². The number of para-hydroxylation sites is 1. The van der Waals surface area contributed by atoms with Crippen molar-refractivity contribution in [2.24, 2.45) is 0 Å². The SMILES string of the molecule is Cc1ccc(-c2nn(-c3ccccc3)cc2CCC(=O)N[C@H](C)CCc2ccccc2)cc1. The number of carbonyl (C=O) groups is 1. The average molecular weight is 438 g/mol. The van der Waals surface area contributed by atoms with Crippen LogP contribution in [0.25, 0.3) is 16.9 Å². The summed E-state index contributed by atoms with van der Waals surface area (Å²) < 4.78 is 1.91. The van der Waals surface area contributed by atoms with Gasteiger partial charge in [-0.25, -0.2) is 4.68 Å². The lowest BCUT2D eigenvalue weighted by Gasteiger charge is -2.14. The third kappa shape index (κ3) is 6.19. The molecule has 0 aliphatic rings. The molecule has 0 radical (unpaired) electrons. The summed E-state index contributed by atoms with van der Waals surface area (Å²) in [7, 11) is 0. The number of nitrogens with one attached hydrogen (secondary N) is 1. The maximum atomic E-state index is 12.7. The molecule has 33 heavy (non-hydrogen) atoms.